The molecule has 3 fully saturated rings. The number of benzene rings is 1. The van der Waals surface area contributed by atoms with Gasteiger partial charge < -0.3 is 29.2 Å². The van der Waals surface area contributed by atoms with Gasteiger partial charge in [0.25, 0.3) is 0 Å². The zero-order valence-electron chi connectivity index (χ0n) is 15.3. The van der Waals surface area contributed by atoms with E-state index in [1.165, 1.54) is 0 Å². The predicted molar refractivity (Wildman–Crippen MR) is 93.2 cm³/mol. The Morgan fingerprint density at radius 3 is 2.65 bits per heavy atom. The maximum absolute atomic E-state index is 10.4. The summed E-state index contributed by atoms with van der Waals surface area (Å²) in [5, 5.41) is 20.3. The fraction of sp³-hybridized carbons (Fsp3) is 0.700. The summed E-state index contributed by atoms with van der Waals surface area (Å²) in [4.78, 5) is 0. The van der Waals surface area contributed by atoms with Crippen LogP contribution in [0.1, 0.15) is 51.2 Å². The van der Waals surface area contributed by atoms with Gasteiger partial charge in [-0.1, -0.05) is 30.3 Å². The third-order valence-electron chi connectivity index (χ3n) is 5.67. The standard InChI is InChI=1S/C20H28O6/c1-12-14(21)11-15(22)19(23-12)24-17(13-7-4-3-5-8-13)18-16-9-6-10-20(2,25-16)26-18/h3-5,7-8,12,14-19,21-22H,6,9-11H2,1-2H3/t12?,14?,15?,16-,17-,18+,19?,20-/m0/s1. The van der Waals surface area contributed by atoms with Crippen LogP contribution in [0.3, 0.4) is 0 Å². The van der Waals surface area contributed by atoms with Crippen LogP contribution in [0.15, 0.2) is 30.3 Å². The average molecular weight is 364 g/mol. The van der Waals surface area contributed by atoms with E-state index in [0.717, 1.165) is 24.8 Å². The van der Waals surface area contributed by atoms with Gasteiger partial charge in [-0.15, -0.1) is 0 Å². The number of aliphatic hydroxyl groups is 2. The summed E-state index contributed by atoms with van der Waals surface area (Å²) in [7, 11) is 0. The molecule has 1 aromatic carbocycles. The summed E-state index contributed by atoms with van der Waals surface area (Å²) < 4.78 is 24.4. The van der Waals surface area contributed by atoms with Crippen molar-refractivity contribution in [3.8, 4) is 0 Å². The van der Waals surface area contributed by atoms with Crippen molar-refractivity contribution >= 4 is 0 Å². The Kier molecular flexibility index (Phi) is 5.07. The Morgan fingerprint density at radius 1 is 1.15 bits per heavy atom. The molecule has 1 aromatic rings. The molecule has 0 spiro atoms. The molecule has 4 unspecified atom stereocenters. The van der Waals surface area contributed by atoms with Crippen molar-refractivity contribution < 1.29 is 29.2 Å². The maximum Gasteiger partial charge on any atom is 0.184 e. The van der Waals surface area contributed by atoms with Gasteiger partial charge in [-0.3, -0.25) is 0 Å². The molecule has 0 amide bonds. The molecule has 144 valence electrons. The second-order valence-corrected chi connectivity index (χ2v) is 7.81. The molecule has 2 N–H and O–H groups in total. The Morgan fingerprint density at radius 2 is 1.92 bits per heavy atom. The molecule has 8 atom stereocenters. The molecule has 26 heavy (non-hydrogen) atoms. The molecule has 4 rings (SSSR count). The average Bonchev–Trinajstić information content (AvgIpc) is 2.86. The lowest BCUT2D eigenvalue weighted by atomic mass is 9.96. The van der Waals surface area contributed by atoms with E-state index in [1.807, 2.05) is 37.3 Å². The smallest absolute Gasteiger partial charge is 0.184 e. The zero-order valence-corrected chi connectivity index (χ0v) is 15.3. The highest BCUT2D eigenvalue weighted by atomic mass is 16.8. The summed E-state index contributed by atoms with van der Waals surface area (Å²) in [6, 6.07) is 9.86. The molecule has 3 aliphatic rings. The van der Waals surface area contributed by atoms with Crippen LogP contribution in [0.4, 0.5) is 0 Å². The van der Waals surface area contributed by atoms with E-state index in [0.29, 0.717) is 0 Å². The maximum atomic E-state index is 10.4. The number of fused-ring (bicyclic) bond motifs is 2. The van der Waals surface area contributed by atoms with Gasteiger partial charge in [-0.2, -0.15) is 0 Å². The molecule has 6 heteroatoms. The highest BCUT2D eigenvalue weighted by Gasteiger charge is 2.51. The van der Waals surface area contributed by atoms with E-state index in [1.54, 1.807) is 6.92 Å². The van der Waals surface area contributed by atoms with Gasteiger partial charge in [0.05, 0.1) is 18.3 Å². The fourth-order valence-corrected chi connectivity index (χ4v) is 4.20. The first-order chi connectivity index (χ1) is 12.5. The van der Waals surface area contributed by atoms with Gasteiger partial charge in [0.1, 0.15) is 18.3 Å². The van der Waals surface area contributed by atoms with Gasteiger partial charge in [0.2, 0.25) is 0 Å². The van der Waals surface area contributed by atoms with Crippen LogP contribution < -0.4 is 0 Å². The molecule has 3 aliphatic heterocycles. The van der Waals surface area contributed by atoms with Crippen LogP contribution in [0.25, 0.3) is 0 Å². The van der Waals surface area contributed by atoms with Crippen molar-refractivity contribution in [2.24, 2.45) is 0 Å². The third-order valence-corrected chi connectivity index (χ3v) is 5.67. The highest BCUT2D eigenvalue weighted by Crippen LogP contribution is 2.45. The second-order valence-electron chi connectivity index (χ2n) is 7.81. The zero-order chi connectivity index (χ0) is 18.3. The minimum atomic E-state index is -0.885. The van der Waals surface area contributed by atoms with Crippen molar-refractivity contribution in [2.45, 2.75) is 88.2 Å². The predicted octanol–water partition coefficient (Wildman–Crippen LogP) is 2.29. The summed E-state index contributed by atoms with van der Waals surface area (Å²) in [5.74, 6) is -0.570. The van der Waals surface area contributed by atoms with E-state index >= 15 is 0 Å². The minimum Gasteiger partial charge on any atom is -0.390 e. The monoisotopic (exact) mass is 364 g/mol. The molecular weight excluding hydrogens is 336 g/mol. The van der Waals surface area contributed by atoms with E-state index in [4.69, 9.17) is 18.9 Å². The lowest BCUT2D eigenvalue weighted by Gasteiger charge is -2.38. The largest absolute Gasteiger partial charge is 0.390 e. The quantitative estimate of drug-likeness (QED) is 0.854. The summed E-state index contributed by atoms with van der Waals surface area (Å²) in [6.45, 7) is 3.76. The Labute approximate surface area is 154 Å². The summed E-state index contributed by atoms with van der Waals surface area (Å²) >= 11 is 0. The van der Waals surface area contributed by atoms with Crippen molar-refractivity contribution in [2.75, 3.05) is 0 Å². The van der Waals surface area contributed by atoms with E-state index in [2.05, 4.69) is 0 Å². The summed E-state index contributed by atoms with van der Waals surface area (Å²) in [5.41, 5.74) is 0.965. The normalized spacial score (nSPS) is 44.0. The van der Waals surface area contributed by atoms with Gasteiger partial charge >= 0.3 is 0 Å². The van der Waals surface area contributed by atoms with E-state index in [-0.39, 0.29) is 18.6 Å². The molecule has 3 heterocycles. The van der Waals surface area contributed by atoms with Crippen molar-refractivity contribution in [3.63, 3.8) is 0 Å². The molecule has 0 radical (unpaired) electrons. The molecule has 2 bridgehead atoms. The molecule has 0 aromatic heterocycles. The van der Waals surface area contributed by atoms with Gasteiger partial charge in [0, 0.05) is 12.8 Å². The molecule has 3 saturated heterocycles. The number of ether oxygens (including phenoxy) is 4. The number of hydrogen-bond acceptors (Lipinski definition) is 6. The van der Waals surface area contributed by atoms with Crippen LogP contribution in [0.5, 0.6) is 0 Å². The SMILES string of the molecule is CC1OC(O[C@@H](c2ccccc2)[C@@H]2O[C@@]3(C)CCC[C@@H]2O3)C(O)CC1O. The summed E-state index contributed by atoms with van der Waals surface area (Å²) in [6.07, 6.45) is -0.402. The van der Waals surface area contributed by atoms with Crippen molar-refractivity contribution in [1.29, 1.82) is 0 Å². The second kappa shape index (κ2) is 7.19. The lowest BCUT2D eigenvalue weighted by molar-refractivity contribution is -0.288. The highest BCUT2D eigenvalue weighted by molar-refractivity contribution is 5.20. The van der Waals surface area contributed by atoms with Crippen LogP contribution >= 0.6 is 0 Å². The number of hydrogen-bond donors (Lipinski definition) is 2. The first-order valence-electron chi connectivity index (χ1n) is 9.53. The molecular formula is C20H28O6. The molecule has 0 saturated carbocycles. The number of rotatable bonds is 4. The van der Waals surface area contributed by atoms with E-state index in [9.17, 15) is 10.2 Å². The molecule has 0 aliphatic carbocycles. The van der Waals surface area contributed by atoms with Gasteiger partial charge in [-0.25, -0.2) is 0 Å². The molecule has 6 nitrogen and oxygen atoms in total. The van der Waals surface area contributed by atoms with Crippen LogP contribution in [0.2, 0.25) is 0 Å². The van der Waals surface area contributed by atoms with Crippen LogP contribution in [-0.2, 0) is 18.9 Å². The topological polar surface area (TPSA) is 77.4 Å². The Hall–Kier alpha value is -1.02. The first-order valence-corrected chi connectivity index (χ1v) is 9.53. The van der Waals surface area contributed by atoms with Crippen molar-refractivity contribution in [3.05, 3.63) is 35.9 Å². The van der Waals surface area contributed by atoms with Crippen LogP contribution in [0, 0.1) is 0 Å². The number of aliphatic hydroxyl groups excluding tert-OH is 2. The van der Waals surface area contributed by atoms with Crippen LogP contribution in [-0.4, -0.2) is 52.8 Å². The third kappa shape index (κ3) is 3.54. The van der Waals surface area contributed by atoms with Crippen molar-refractivity contribution in [1.82, 2.24) is 0 Å². The Balaban J connectivity index is 1.58. The minimum absolute atomic E-state index is 0.0392. The van der Waals surface area contributed by atoms with Gasteiger partial charge in [0.15, 0.2) is 12.1 Å². The first kappa shape index (κ1) is 18.3. The Bertz CT molecular complexity index is 610. The van der Waals surface area contributed by atoms with Gasteiger partial charge in [-0.05, 0) is 32.3 Å². The fourth-order valence-electron chi connectivity index (χ4n) is 4.20. The van der Waals surface area contributed by atoms with E-state index < -0.39 is 36.5 Å². The lowest BCUT2D eigenvalue weighted by Crippen LogP contribution is -2.48.